The van der Waals surface area contributed by atoms with Crippen molar-refractivity contribution in [3.63, 3.8) is 0 Å². The molecule has 0 bridgehead atoms. The van der Waals surface area contributed by atoms with E-state index in [4.69, 9.17) is 0 Å². The summed E-state index contributed by atoms with van der Waals surface area (Å²) < 4.78 is 0. The highest BCUT2D eigenvalue weighted by Crippen LogP contribution is 2.29. The number of nitrogens with one attached hydrogen (secondary N) is 2. The molecule has 5 heteroatoms. The van der Waals surface area contributed by atoms with Crippen LogP contribution in [0, 0.1) is 5.92 Å². The van der Waals surface area contributed by atoms with Crippen LogP contribution in [0.1, 0.15) is 62.0 Å². The second kappa shape index (κ2) is 9.59. The van der Waals surface area contributed by atoms with Crippen molar-refractivity contribution in [1.29, 1.82) is 0 Å². The van der Waals surface area contributed by atoms with Crippen LogP contribution in [0.25, 0.3) is 0 Å². The van der Waals surface area contributed by atoms with E-state index in [0.717, 1.165) is 37.2 Å². The first kappa shape index (κ1) is 20.9. The third-order valence-electron chi connectivity index (χ3n) is 5.62. The topological polar surface area (TPSA) is 61.4 Å². The van der Waals surface area contributed by atoms with Crippen LogP contribution in [0.15, 0.2) is 48.5 Å². The van der Waals surface area contributed by atoms with Gasteiger partial charge in [0, 0.05) is 30.9 Å². The summed E-state index contributed by atoms with van der Waals surface area (Å²) in [5.41, 5.74) is 3.26. The SMILES string of the molecule is CCC(=O)Nc1ccc(N2CCC(C)CC2)c(C(=O)NC(C)c2ccccc2)c1. The van der Waals surface area contributed by atoms with Crippen molar-refractivity contribution in [1.82, 2.24) is 5.32 Å². The largest absolute Gasteiger partial charge is 0.371 e. The Morgan fingerprint density at radius 2 is 1.79 bits per heavy atom. The van der Waals surface area contributed by atoms with E-state index in [0.29, 0.717) is 23.6 Å². The molecule has 2 N–H and O–H groups in total. The highest BCUT2D eigenvalue weighted by Gasteiger charge is 2.22. The molecule has 5 nitrogen and oxygen atoms in total. The molecule has 1 atom stereocenters. The standard InChI is InChI=1S/C24H31N3O2/c1-4-23(28)26-20-10-11-22(27-14-12-17(2)13-15-27)21(16-20)24(29)25-18(3)19-8-6-5-7-9-19/h5-11,16-18H,4,12-15H2,1-3H3,(H,25,29)(H,26,28). The molecule has 3 rings (SSSR count). The van der Waals surface area contributed by atoms with Crippen LogP contribution in [-0.2, 0) is 4.79 Å². The van der Waals surface area contributed by atoms with E-state index in [1.807, 2.05) is 56.3 Å². The summed E-state index contributed by atoms with van der Waals surface area (Å²) >= 11 is 0. The highest BCUT2D eigenvalue weighted by atomic mass is 16.2. The van der Waals surface area contributed by atoms with Crippen molar-refractivity contribution in [3.05, 3.63) is 59.7 Å². The molecule has 0 radical (unpaired) electrons. The number of carbonyl (C=O) groups is 2. The maximum atomic E-state index is 13.2. The van der Waals surface area contributed by atoms with E-state index >= 15 is 0 Å². The molecule has 2 amide bonds. The number of amides is 2. The van der Waals surface area contributed by atoms with Gasteiger partial charge in [-0.25, -0.2) is 0 Å². The molecule has 154 valence electrons. The highest BCUT2D eigenvalue weighted by molar-refractivity contribution is 6.02. The van der Waals surface area contributed by atoms with Gasteiger partial charge in [-0.15, -0.1) is 0 Å². The van der Waals surface area contributed by atoms with Gasteiger partial charge in [0.05, 0.1) is 11.6 Å². The van der Waals surface area contributed by atoms with Crippen molar-refractivity contribution in [2.24, 2.45) is 5.92 Å². The first-order valence-corrected chi connectivity index (χ1v) is 10.5. The number of anilines is 2. The zero-order valence-corrected chi connectivity index (χ0v) is 17.6. The Labute approximate surface area is 173 Å². The van der Waals surface area contributed by atoms with Crippen LogP contribution in [-0.4, -0.2) is 24.9 Å². The molecule has 0 saturated carbocycles. The van der Waals surface area contributed by atoms with Gasteiger partial charge in [-0.2, -0.15) is 0 Å². The molecule has 1 unspecified atom stereocenters. The molecule has 1 aliphatic rings. The van der Waals surface area contributed by atoms with E-state index in [1.165, 1.54) is 0 Å². The molecule has 1 fully saturated rings. The van der Waals surface area contributed by atoms with Gasteiger partial charge < -0.3 is 15.5 Å². The quantitative estimate of drug-likeness (QED) is 0.744. The summed E-state index contributed by atoms with van der Waals surface area (Å²) in [5, 5.41) is 5.99. The van der Waals surface area contributed by atoms with Crippen molar-refractivity contribution in [2.75, 3.05) is 23.3 Å². The minimum atomic E-state index is -0.123. The molecule has 2 aromatic rings. The monoisotopic (exact) mass is 393 g/mol. The number of carbonyl (C=O) groups excluding carboxylic acids is 2. The number of nitrogens with zero attached hydrogens (tertiary/aromatic N) is 1. The van der Waals surface area contributed by atoms with Crippen molar-refractivity contribution < 1.29 is 9.59 Å². The molecule has 0 aromatic heterocycles. The maximum absolute atomic E-state index is 13.2. The van der Waals surface area contributed by atoms with E-state index in [9.17, 15) is 9.59 Å². The Morgan fingerprint density at radius 3 is 2.45 bits per heavy atom. The van der Waals surface area contributed by atoms with Gasteiger partial charge in [-0.05, 0) is 49.4 Å². The van der Waals surface area contributed by atoms with Crippen molar-refractivity contribution in [3.8, 4) is 0 Å². The lowest BCUT2D eigenvalue weighted by atomic mass is 9.97. The van der Waals surface area contributed by atoms with Gasteiger partial charge in [0.15, 0.2) is 0 Å². The summed E-state index contributed by atoms with van der Waals surface area (Å²) in [7, 11) is 0. The van der Waals surface area contributed by atoms with E-state index in [-0.39, 0.29) is 17.9 Å². The van der Waals surface area contributed by atoms with E-state index < -0.39 is 0 Å². The van der Waals surface area contributed by atoms with Crippen molar-refractivity contribution in [2.45, 2.75) is 46.1 Å². The average molecular weight is 394 g/mol. The number of benzene rings is 2. The second-order valence-electron chi connectivity index (χ2n) is 7.91. The Morgan fingerprint density at radius 1 is 1.10 bits per heavy atom. The summed E-state index contributed by atoms with van der Waals surface area (Å²) in [6, 6.07) is 15.5. The Bertz CT molecular complexity index is 842. The molecule has 2 aromatic carbocycles. The molecular formula is C24H31N3O2. The predicted molar refractivity (Wildman–Crippen MR) is 118 cm³/mol. The minimum Gasteiger partial charge on any atom is -0.371 e. The normalized spacial score (nSPS) is 15.6. The minimum absolute atomic E-state index is 0.0615. The van der Waals surface area contributed by atoms with E-state index in [1.54, 1.807) is 6.07 Å². The third-order valence-corrected chi connectivity index (χ3v) is 5.62. The van der Waals surface area contributed by atoms with Crippen molar-refractivity contribution >= 4 is 23.2 Å². The zero-order valence-electron chi connectivity index (χ0n) is 17.6. The number of piperidine rings is 1. The van der Waals surface area contributed by atoms with Gasteiger partial charge in [0.2, 0.25) is 5.91 Å². The van der Waals surface area contributed by atoms with Gasteiger partial charge >= 0.3 is 0 Å². The molecule has 0 spiro atoms. The molecule has 1 aliphatic heterocycles. The first-order valence-electron chi connectivity index (χ1n) is 10.5. The van der Waals surface area contributed by atoms with Crippen LogP contribution in [0.5, 0.6) is 0 Å². The van der Waals surface area contributed by atoms with Crippen LogP contribution in [0.3, 0.4) is 0 Å². The third kappa shape index (κ3) is 5.37. The number of rotatable bonds is 6. The molecule has 0 aliphatic carbocycles. The fraction of sp³-hybridized carbons (Fsp3) is 0.417. The fourth-order valence-corrected chi connectivity index (χ4v) is 3.67. The van der Waals surface area contributed by atoms with Gasteiger partial charge in [0.25, 0.3) is 5.91 Å². The smallest absolute Gasteiger partial charge is 0.253 e. The molecule has 29 heavy (non-hydrogen) atoms. The Balaban J connectivity index is 1.86. The Hall–Kier alpha value is -2.82. The average Bonchev–Trinajstić information content (AvgIpc) is 2.74. The lowest BCUT2D eigenvalue weighted by Crippen LogP contribution is -2.35. The zero-order chi connectivity index (χ0) is 20.8. The molecule has 1 saturated heterocycles. The first-order chi connectivity index (χ1) is 14.0. The summed E-state index contributed by atoms with van der Waals surface area (Å²) in [4.78, 5) is 27.3. The fourth-order valence-electron chi connectivity index (χ4n) is 3.67. The number of hydrogen-bond acceptors (Lipinski definition) is 3. The second-order valence-corrected chi connectivity index (χ2v) is 7.91. The van der Waals surface area contributed by atoms with E-state index in [2.05, 4.69) is 22.5 Å². The molecule has 1 heterocycles. The van der Waals surface area contributed by atoms with Crippen LogP contribution in [0.4, 0.5) is 11.4 Å². The predicted octanol–water partition coefficient (Wildman–Crippen LogP) is 4.76. The lowest BCUT2D eigenvalue weighted by Gasteiger charge is -2.33. The van der Waals surface area contributed by atoms with Gasteiger partial charge in [0.1, 0.15) is 0 Å². The summed E-state index contributed by atoms with van der Waals surface area (Å²) in [6.07, 6.45) is 2.64. The van der Waals surface area contributed by atoms with Crippen LogP contribution in [0.2, 0.25) is 0 Å². The number of hydrogen-bond donors (Lipinski definition) is 2. The Kier molecular flexibility index (Phi) is 6.91. The maximum Gasteiger partial charge on any atom is 0.253 e. The van der Waals surface area contributed by atoms with Crippen LogP contribution >= 0.6 is 0 Å². The lowest BCUT2D eigenvalue weighted by molar-refractivity contribution is -0.115. The van der Waals surface area contributed by atoms with Gasteiger partial charge in [-0.1, -0.05) is 44.2 Å². The summed E-state index contributed by atoms with van der Waals surface area (Å²) in [5.74, 6) is 0.529. The van der Waals surface area contributed by atoms with Gasteiger partial charge in [-0.3, -0.25) is 9.59 Å². The molecular weight excluding hydrogens is 362 g/mol. The summed E-state index contributed by atoms with van der Waals surface area (Å²) in [6.45, 7) is 7.95. The van der Waals surface area contributed by atoms with Crippen LogP contribution < -0.4 is 15.5 Å².